The molecule has 0 unspecified atom stereocenters. The van der Waals surface area contributed by atoms with Gasteiger partial charge in [0.25, 0.3) is 0 Å². The van der Waals surface area contributed by atoms with Gasteiger partial charge in [-0.3, -0.25) is 4.79 Å². The highest BCUT2D eigenvalue weighted by molar-refractivity contribution is 7.99. The van der Waals surface area contributed by atoms with Crippen molar-refractivity contribution in [3.05, 3.63) is 64.7 Å². The minimum atomic E-state index is -0.877. The smallest absolute Gasteiger partial charge is 0.220 e. The Kier molecular flexibility index (Phi) is 6.79. The second-order valence-electron chi connectivity index (χ2n) is 5.69. The molecule has 2 aromatic carbocycles. The highest BCUT2D eigenvalue weighted by atomic mass is 32.2. The molecule has 1 N–H and O–H groups in total. The van der Waals surface area contributed by atoms with Crippen LogP contribution in [0.2, 0.25) is 0 Å². The Bertz CT molecular complexity index is 719. The van der Waals surface area contributed by atoms with Crippen LogP contribution < -0.4 is 5.32 Å². The molecule has 0 heterocycles. The van der Waals surface area contributed by atoms with Gasteiger partial charge < -0.3 is 5.32 Å². The minimum Gasteiger partial charge on any atom is -0.355 e. The molecule has 0 aliphatic carbocycles. The Morgan fingerprint density at radius 1 is 1.04 bits per heavy atom. The third-order valence-electron chi connectivity index (χ3n) is 3.80. The Morgan fingerprint density at radius 2 is 1.83 bits per heavy atom. The highest BCUT2D eigenvalue weighted by Crippen LogP contribution is 2.20. The number of nitrogens with one attached hydrogen (secondary N) is 1. The van der Waals surface area contributed by atoms with Crippen LogP contribution in [0.5, 0.6) is 0 Å². The molecular formula is C19H21F2NOS. The van der Waals surface area contributed by atoms with Crippen molar-refractivity contribution in [2.24, 2.45) is 0 Å². The number of halogens is 2. The normalized spacial score (nSPS) is 10.7. The monoisotopic (exact) mass is 349 g/mol. The van der Waals surface area contributed by atoms with Crippen molar-refractivity contribution in [2.75, 3.05) is 12.3 Å². The van der Waals surface area contributed by atoms with E-state index in [2.05, 4.69) is 37.4 Å². The predicted octanol–water partition coefficient (Wildman–Crippen LogP) is 4.42. The van der Waals surface area contributed by atoms with Crippen LogP contribution in [0.25, 0.3) is 0 Å². The van der Waals surface area contributed by atoms with E-state index in [0.29, 0.717) is 18.5 Å². The van der Waals surface area contributed by atoms with E-state index >= 15 is 0 Å². The summed E-state index contributed by atoms with van der Waals surface area (Å²) in [5.41, 5.74) is 3.15. The fourth-order valence-corrected chi connectivity index (χ4v) is 3.07. The van der Waals surface area contributed by atoms with Gasteiger partial charge in [0.05, 0.1) is 0 Å². The molecule has 0 saturated carbocycles. The predicted molar refractivity (Wildman–Crippen MR) is 94.3 cm³/mol. The largest absolute Gasteiger partial charge is 0.355 e. The summed E-state index contributed by atoms with van der Waals surface area (Å²) < 4.78 is 25.9. The van der Waals surface area contributed by atoms with E-state index in [0.717, 1.165) is 17.9 Å². The second-order valence-corrected chi connectivity index (χ2v) is 6.86. The molecule has 1 amide bonds. The number of carbonyl (C=O) groups is 1. The first kappa shape index (κ1) is 18.5. The number of hydrogen-bond acceptors (Lipinski definition) is 2. The third kappa shape index (κ3) is 5.64. The van der Waals surface area contributed by atoms with Crippen LogP contribution in [0.3, 0.4) is 0 Å². The summed E-state index contributed by atoms with van der Waals surface area (Å²) in [5, 5.41) is 2.85. The molecule has 0 saturated heterocycles. The van der Waals surface area contributed by atoms with Crippen molar-refractivity contribution in [1.29, 1.82) is 0 Å². The molecule has 2 aromatic rings. The average molecular weight is 349 g/mol. The number of rotatable bonds is 7. The van der Waals surface area contributed by atoms with Gasteiger partial charge in [0.15, 0.2) is 11.6 Å². The number of thioether (sulfide) groups is 1. The van der Waals surface area contributed by atoms with E-state index in [1.165, 1.54) is 22.1 Å². The molecule has 5 heteroatoms. The van der Waals surface area contributed by atoms with Crippen LogP contribution in [0.1, 0.15) is 23.1 Å². The summed E-state index contributed by atoms with van der Waals surface area (Å²) in [6.45, 7) is 4.74. The SMILES string of the molecule is Cc1ccc(SCCNC(=O)CCc2ccc(F)c(F)c2)cc1C. The van der Waals surface area contributed by atoms with Crippen molar-refractivity contribution >= 4 is 17.7 Å². The summed E-state index contributed by atoms with van der Waals surface area (Å²) in [5.74, 6) is -1.04. The van der Waals surface area contributed by atoms with Gasteiger partial charge in [0.1, 0.15) is 0 Å². The zero-order valence-electron chi connectivity index (χ0n) is 13.9. The Hall–Kier alpha value is -1.88. The topological polar surface area (TPSA) is 29.1 Å². The van der Waals surface area contributed by atoms with E-state index in [-0.39, 0.29) is 12.3 Å². The third-order valence-corrected chi connectivity index (χ3v) is 4.79. The van der Waals surface area contributed by atoms with Gasteiger partial charge in [-0.15, -0.1) is 11.8 Å². The molecule has 0 spiro atoms. The molecule has 0 atom stereocenters. The molecule has 128 valence electrons. The Balaban J connectivity index is 1.67. The first-order chi connectivity index (χ1) is 11.5. The van der Waals surface area contributed by atoms with E-state index < -0.39 is 11.6 Å². The molecule has 0 radical (unpaired) electrons. The molecule has 0 bridgehead atoms. The van der Waals surface area contributed by atoms with Crippen molar-refractivity contribution in [3.63, 3.8) is 0 Å². The van der Waals surface area contributed by atoms with Gasteiger partial charge in [-0.05, 0) is 61.2 Å². The molecule has 2 nitrogen and oxygen atoms in total. The maximum absolute atomic E-state index is 13.1. The van der Waals surface area contributed by atoms with Crippen molar-refractivity contribution in [2.45, 2.75) is 31.6 Å². The lowest BCUT2D eigenvalue weighted by molar-refractivity contribution is -0.120. The fourth-order valence-electron chi connectivity index (χ4n) is 2.20. The van der Waals surface area contributed by atoms with Gasteiger partial charge in [0.2, 0.25) is 5.91 Å². The quantitative estimate of drug-likeness (QED) is 0.592. The standard InChI is InChI=1S/C19H21F2NOS/c1-13-3-6-16(11-14(13)2)24-10-9-22-19(23)8-5-15-4-7-17(20)18(21)12-15/h3-4,6-7,11-12H,5,8-10H2,1-2H3,(H,22,23). The number of amides is 1. The van der Waals surface area contributed by atoms with E-state index in [4.69, 9.17) is 0 Å². The lowest BCUT2D eigenvalue weighted by Gasteiger charge is -2.07. The van der Waals surface area contributed by atoms with E-state index in [1.54, 1.807) is 11.8 Å². The van der Waals surface area contributed by atoms with Gasteiger partial charge in [-0.1, -0.05) is 12.1 Å². The average Bonchev–Trinajstić information content (AvgIpc) is 2.56. The van der Waals surface area contributed by atoms with Crippen LogP contribution in [-0.2, 0) is 11.2 Å². The Labute approximate surface area is 145 Å². The number of carbonyl (C=O) groups excluding carboxylic acids is 1. The van der Waals surface area contributed by atoms with Crippen LogP contribution in [0.15, 0.2) is 41.3 Å². The van der Waals surface area contributed by atoms with Crippen LogP contribution in [0, 0.1) is 25.5 Å². The molecular weight excluding hydrogens is 328 g/mol. The molecule has 24 heavy (non-hydrogen) atoms. The highest BCUT2D eigenvalue weighted by Gasteiger charge is 2.06. The molecule has 0 aliphatic rings. The van der Waals surface area contributed by atoms with E-state index in [1.807, 2.05) is 0 Å². The molecule has 0 aromatic heterocycles. The maximum Gasteiger partial charge on any atom is 0.220 e. The number of hydrogen-bond donors (Lipinski definition) is 1. The first-order valence-electron chi connectivity index (χ1n) is 7.86. The second kappa shape index (κ2) is 8.83. The van der Waals surface area contributed by atoms with Crippen LogP contribution >= 0.6 is 11.8 Å². The van der Waals surface area contributed by atoms with Crippen molar-refractivity contribution in [1.82, 2.24) is 5.32 Å². The van der Waals surface area contributed by atoms with E-state index in [9.17, 15) is 13.6 Å². The summed E-state index contributed by atoms with van der Waals surface area (Å²) in [7, 11) is 0. The maximum atomic E-state index is 13.1. The zero-order valence-corrected chi connectivity index (χ0v) is 14.7. The summed E-state index contributed by atoms with van der Waals surface area (Å²) in [4.78, 5) is 13.0. The molecule has 0 fully saturated rings. The summed E-state index contributed by atoms with van der Waals surface area (Å²) in [6, 6.07) is 10.0. The van der Waals surface area contributed by atoms with Crippen molar-refractivity contribution < 1.29 is 13.6 Å². The summed E-state index contributed by atoms with van der Waals surface area (Å²) in [6.07, 6.45) is 0.659. The zero-order chi connectivity index (χ0) is 17.5. The number of aryl methyl sites for hydroxylation is 3. The number of benzene rings is 2. The molecule has 0 aliphatic heterocycles. The van der Waals surface area contributed by atoms with Gasteiger partial charge in [-0.25, -0.2) is 8.78 Å². The Morgan fingerprint density at radius 3 is 2.54 bits per heavy atom. The summed E-state index contributed by atoms with van der Waals surface area (Å²) >= 11 is 1.70. The van der Waals surface area contributed by atoms with Gasteiger partial charge in [-0.2, -0.15) is 0 Å². The van der Waals surface area contributed by atoms with Gasteiger partial charge >= 0.3 is 0 Å². The fraction of sp³-hybridized carbons (Fsp3) is 0.316. The van der Waals surface area contributed by atoms with Gasteiger partial charge in [0, 0.05) is 23.6 Å². The van der Waals surface area contributed by atoms with Crippen LogP contribution in [-0.4, -0.2) is 18.2 Å². The first-order valence-corrected chi connectivity index (χ1v) is 8.85. The lowest BCUT2D eigenvalue weighted by atomic mass is 10.1. The molecule has 2 rings (SSSR count). The van der Waals surface area contributed by atoms with Crippen LogP contribution in [0.4, 0.5) is 8.78 Å². The van der Waals surface area contributed by atoms with Crippen molar-refractivity contribution in [3.8, 4) is 0 Å². The minimum absolute atomic E-state index is 0.0829. The lowest BCUT2D eigenvalue weighted by Crippen LogP contribution is -2.25.